The van der Waals surface area contributed by atoms with Gasteiger partial charge in [0.2, 0.25) is 23.5 Å². The molecule has 0 aliphatic heterocycles. The average molecular weight is 692 g/mol. The highest BCUT2D eigenvalue weighted by molar-refractivity contribution is 7.93. The molecule has 248 valence electrons. The third-order valence-corrected chi connectivity index (χ3v) is 9.44. The first-order valence-electron chi connectivity index (χ1n) is 14.2. The topological polar surface area (TPSA) is 141 Å². The molecule has 0 atom stereocenters. The lowest BCUT2D eigenvalue weighted by molar-refractivity contribution is -0.115. The van der Waals surface area contributed by atoms with Crippen LogP contribution in [0.25, 0.3) is 33.1 Å². The van der Waals surface area contributed by atoms with Crippen molar-refractivity contribution in [1.29, 1.82) is 0 Å². The first-order valence-corrected chi connectivity index (χ1v) is 15.6. The summed E-state index contributed by atoms with van der Waals surface area (Å²) in [7, 11) is -5.33. The Bertz CT molecular complexity index is 2540. The Morgan fingerprint density at radius 1 is 0.796 bits per heavy atom. The fourth-order valence-electron chi connectivity index (χ4n) is 5.43. The van der Waals surface area contributed by atoms with Crippen molar-refractivity contribution in [2.45, 2.75) is 25.7 Å². The minimum atomic E-state index is -5.33. The number of sulfonamides is 1. The maximum absolute atomic E-state index is 16.2. The van der Waals surface area contributed by atoms with Crippen LogP contribution in [-0.4, -0.2) is 51.3 Å². The minimum absolute atomic E-state index is 0.0145. The third kappa shape index (κ3) is 5.44. The number of hydrogen-bond acceptors (Lipinski definition) is 8. The summed E-state index contributed by atoms with van der Waals surface area (Å²) in [6, 6.07) is 8.90. The highest BCUT2D eigenvalue weighted by Gasteiger charge is 2.36. The van der Waals surface area contributed by atoms with E-state index in [0.29, 0.717) is 53.2 Å². The van der Waals surface area contributed by atoms with E-state index in [1.54, 1.807) is 18.2 Å². The molecular weight excluding hydrogens is 670 g/mol. The molecule has 6 rings (SSSR count). The van der Waals surface area contributed by atoms with Crippen LogP contribution in [-0.2, 0) is 14.8 Å². The monoisotopic (exact) mass is 691 g/mol. The number of rotatable bonds is 6. The lowest BCUT2D eigenvalue weighted by atomic mass is 9.99. The third-order valence-electron chi connectivity index (χ3n) is 7.64. The van der Waals surface area contributed by atoms with Crippen molar-refractivity contribution in [1.82, 2.24) is 19.3 Å². The molecule has 0 saturated heterocycles. The summed E-state index contributed by atoms with van der Waals surface area (Å²) >= 11 is 0. The summed E-state index contributed by atoms with van der Waals surface area (Å²) in [6.07, 6.45) is 3.88. The quantitative estimate of drug-likeness (QED) is 0.155. The van der Waals surface area contributed by atoms with E-state index >= 15 is 8.78 Å². The van der Waals surface area contributed by atoms with E-state index in [1.807, 2.05) is 0 Å². The minimum Gasteiger partial charge on any atom is -0.288 e. The van der Waals surface area contributed by atoms with Crippen molar-refractivity contribution in [3.05, 3.63) is 108 Å². The van der Waals surface area contributed by atoms with Crippen LogP contribution < -0.4 is 4.31 Å². The smallest absolute Gasteiger partial charge is 0.274 e. The number of nitrogens with zero attached hydrogens (tertiary/aromatic N) is 5. The number of aromatic nitrogens is 4. The number of halogens is 4. The standard InChI is InChI=1S/C33H21F4N5O6S/c1-16(43)40-15-24(23-11-20(13-38-33(23)40)19-4-8-27-21(10-19)14-39-41(27)17(2)44)32(46)30-26(36)7-9-28(31(30)37)42(18(3)45)49(47,48)29-12-22(34)5-6-25(29)35/h4-15H,1-3H3. The van der Waals surface area contributed by atoms with Crippen LogP contribution in [0.5, 0.6) is 0 Å². The highest BCUT2D eigenvalue weighted by Crippen LogP contribution is 2.35. The van der Waals surface area contributed by atoms with E-state index in [0.717, 1.165) is 17.7 Å². The first-order chi connectivity index (χ1) is 23.1. The number of fused-ring (bicyclic) bond motifs is 2. The molecule has 0 radical (unpaired) electrons. The molecule has 0 N–H and O–H groups in total. The molecule has 0 unspecified atom stereocenters. The Morgan fingerprint density at radius 3 is 2.18 bits per heavy atom. The average Bonchev–Trinajstić information content (AvgIpc) is 3.65. The molecule has 0 bridgehead atoms. The van der Waals surface area contributed by atoms with Crippen molar-refractivity contribution in [3.63, 3.8) is 0 Å². The SMILES string of the molecule is CC(=O)N(c1ccc(F)c(C(=O)c2cn(C(C)=O)c3ncc(-c4ccc5c(cnn5C(C)=O)c4)cc23)c1F)S(=O)(=O)c1cc(F)ccc1F. The second-order valence-corrected chi connectivity index (χ2v) is 12.6. The van der Waals surface area contributed by atoms with Gasteiger partial charge in [-0.25, -0.2) is 35.6 Å². The van der Waals surface area contributed by atoms with Gasteiger partial charge in [-0.05, 0) is 54.1 Å². The second-order valence-electron chi connectivity index (χ2n) is 10.8. The lowest BCUT2D eigenvalue weighted by Gasteiger charge is -2.22. The molecule has 0 saturated carbocycles. The maximum atomic E-state index is 16.2. The number of carbonyl (C=O) groups excluding carboxylic acids is 4. The van der Waals surface area contributed by atoms with Gasteiger partial charge in [0.25, 0.3) is 10.0 Å². The van der Waals surface area contributed by atoms with E-state index in [-0.39, 0.29) is 27.3 Å². The number of hydrogen-bond donors (Lipinski definition) is 0. The molecular formula is C33H21F4N5O6S. The van der Waals surface area contributed by atoms with Crippen LogP contribution in [0.4, 0.5) is 23.2 Å². The molecule has 49 heavy (non-hydrogen) atoms. The van der Waals surface area contributed by atoms with Crippen LogP contribution in [0.15, 0.2) is 78.1 Å². The molecule has 16 heteroatoms. The van der Waals surface area contributed by atoms with E-state index in [1.165, 1.54) is 30.1 Å². The lowest BCUT2D eigenvalue weighted by Crippen LogP contribution is -2.37. The molecule has 6 aromatic rings. The Hall–Kier alpha value is -6.03. The summed E-state index contributed by atoms with van der Waals surface area (Å²) in [5.41, 5.74) is -1.42. The zero-order chi connectivity index (χ0) is 35.5. The van der Waals surface area contributed by atoms with E-state index in [9.17, 15) is 36.4 Å². The van der Waals surface area contributed by atoms with Crippen molar-refractivity contribution in [3.8, 4) is 11.1 Å². The number of amides is 1. The van der Waals surface area contributed by atoms with Gasteiger partial charge in [-0.3, -0.25) is 23.7 Å². The first kappa shape index (κ1) is 32.9. The largest absolute Gasteiger partial charge is 0.288 e. The molecule has 3 aromatic heterocycles. The van der Waals surface area contributed by atoms with Crippen molar-refractivity contribution >= 4 is 61.2 Å². The fourth-order valence-corrected chi connectivity index (χ4v) is 6.94. The van der Waals surface area contributed by atoms with E-state index < -0.39 is 72.6 Å². The van der Waals surface area contributed by atoms with Crippen LogP contribution in [0, 0.1) is 23.3 Å². The Morgan fingerprint density at radius 2 is 1.51 bits per heavy atom. The number of pyridine rings is 1. The Labute approximate surface area is 274 Å². The summed E-state index contributed by atoms with van der Waals surface area (Å²) in [5, 5.41) is 4.64. The van der Waals surface area contributed by atoms with Crippen LogP contribution in [0.3, 0.4) is 0 Å². The van der Waals surface area contributed by atoms with Gasteiger partial charge in [0.05, 0.1) is 28.5 Å². The Balaban J connectivity index is 1.51. The zero-order valence-electron chi connectivity index (χ0n) is 25.5. The summed E-state index contributed by atoms with van der Waals surface area (Å²) in [5.74, 6) is -9.56. The molecule has 0 aliphatic rings. The maximum Gasteiger partial charge on any atom is 0.274 e. The van der Waals surface area contributed by atoms with Gasteiger partial charge in [0.15, 0.2) is 5.82 Å². The normalized spacial score (nSPS) is 11.7. The second kappa shape index (κ2) is 11.9. The van der Waals surface area contributed by atoms with E-state index in [2.05, 4.69) is 10.1 Å². The predicted molar refractivity (Wildman–Crippen MR) is 168 cm³/mol. The number of benzene rings is 3. The van der Waals surface area contributed by atoms with Crippen LogP contribution >= 0.6 is 0 Å². The zero-order valence-corrected chi connectivity index (χ0v) is 26.4. The van der Waals surface area contributed by atoms with Gasteiger partial charge in [0, 0.05) is 49.5 Å². The van der Waals surface area contributed by atoms with Gasteiger partial charge >= 0.3 is 0 Å². The number of anilines is 1. The van der Waals surface area contributed by atoms with Gasteiger partial charge < -0.3 is 0 Å². The number of ketones is 1. The van der Waals surface area contributed by atoms with Crippen molar-refractivity contribution in [2.24, 2.45) is 0 Å². The van der Waals surface area contributed by atoms with Crippen LogP contribution in [0.1, 0.15) is 46.3 Å². The molecule has 0 aliphatic carbocycles. The van der Waals surface area contributed by atoms with Gasteiger partial charge in [-0.1, -0.05) is 6.07 Å². The molecule has 1 amide bonds. The van der Waals surface area contributed by atoms with Gasteiger partial charge in [0.1, 0.15) is 28.0 Å². The van der Waals surface area contributed by atoms with Crippen molar-refractivity contribution < 1.29 is 45.2 Å². The highest BCUT2D eigenvalue weighted by atomic mass is 32.2. The Kier molecular flexibility index (Phi) is 7.98. The summed E-state index contributed by atoms with van der Waals surface area (Å²) in [4.78, 5) is 53.9. The summed E-state index contributed by atoms with van der Waals surface area (Å²) in [6.45, 7) is 3.20. The van der Waals surface area contributed by atoms with E-state index in [4.69, 9.17) is 0 Å². The molecule has 3 heterocycles. The van der Waals surface area contributed by atoms with Gasteiger partial charge in [-0.2, -0.15) is 9.40 Å². The molecule has 3 aromatic carbocycles. The predicted octanol–water partition coefficient (Wildman–Crippen LogP) is 5.90. The molecule has 0 spiro atoms. The summed E-state index contributed by atoms with van der Waals surface area (Å²) < 4.78 is 88.7. The fraction of sp³-hybridized carbons (Fsp3) is 0.0909. The van der Waals surface area contributed by atoms with Crippen molar-refractivity contribution in [2.75, 3.05) is 4.31 Å². The van der Waals surface area contributed by atoms with Gasteiger partial charge in [-0.15, -0.1) is 0 Å². The molecule has 0 fully saturated rings. The number of carbonyl (C=O) groups is 4. The van der Waals surface area contributed by atoms with Crippen LogP contribution in [0.2, 0.25) is 0 Å². The molecule has 11 nitrogen and oxygen atoms in total.